The Labute approximate surface area is 208 Å². The molecular formula is C25H27ClN8O. The molecule has 1 amide bonds. The minimum atomic E-state index is -0.272. The number of primary amides is 1. The van der Waals surface area contributed by atoms with Gasteiger partial charge in [0.15, 0.2) is 11.6 Å². The number of halogens is 1. The van der Waals surface area contributed by atoms with Gasteiger partial charge in [-0.15, -0.1) is 0 Å². The molecule has 0 saturated carbocycles. The lowest BCUT2D eigenvalue weighted by Gasteiger charge is -2.32. The van der Waals surface area contributed by atoms with Crippen molar-refractivity contribution in [2.75, 3.05) is 30.3 Å². The van der Waals surface area contributed by atoms with E-state index in [-0.39, 0.29) is 5.91 Å². The van der Waals surface area contributed by atoms with Gasteiger partial charge in [0.2, 0.25) is 11.9 Å². The molecule has 5 rings (SSSR count). The van der Waals surface area contributed by atoms with Crippen molar-refractivity contribution in [2.24, 2.45) is 5.73 Å². The van der Waals surface area contributed by atoms with Crippen molar-refractivity contribution in [3.63, 3.8) is 0 Å². The molecule has 1 fully saturated rings. The molecule has 0 unspecified atom stereocenters. The Balaban J connectivity index is 1.39. The molecule has 0 spiro atoms. The minimum absolute atomic E-state index is 0.272. The number of piperidine rings is 1. The first-order valence-electron chi connectivity index (χ1n) is 11.6. The van der Waals surface area contributed by atoms with Crippen LogP contribution < -0.4 is 16.4 Å². The summed E-state index contributed by atoms with van der Waals surface area (Å²) in [6, 6.07) is 14.5. The third kappa shape index (κ3) is 5.21. The number of nitrogens with zero attached hydrogens (tertiary/aromatic N) is 4. The molecule has 1 aliphatic rings. The lowest BCUT2D eigenvalue weighted by Crippen LogP contribution is -2.39. The van der Waals surface area contributed by atoms with Crippen LogP contribution in [0.1, 0.15) is 30.0 Å². The number of aromatic nitrogens is 4. The second-order valence-electron chi connectivity index (χ2n) is 8.84. The first-order valence-corrected chi connectivity index (χ1v) is 11.9. The van der Waals surface area contributed by atoms with E-state index in [9.17, 15) is 4.79 Å². The van der Waals surface area contributed by atoms with Crippen LogP contribution in [-0.2, 0) is 4.79 Å². The zero-order valence-electron chi connectivity index (χ0n) is 19.4. The van der Waals surface area contributed by atoms with Gasteiger partial charge in [-0.1, -0.05) is 41.9 Å². The average Bonchev–Trinajstić information content (AvgIpc) is 3.26. The van der Waals surface area contributed by atoms with Crippen LogP contribution in [0.4, 0.5) is 23.3 Å². The van der Waals surface area contributed by atoms with Crippen LogP contribution in [0.2, 0.25) is 5.02 Å². The molecule has 1 aliphatic heterocycles. The van der Waals surface area contributed by atoms with Crippen LogP contribution in [0.3, 0.4) is 0 Å². The number of fused-ring (bicyclic) bond motifs is 1. The number of hydrogen-bond donors (Lipinski definition) is 4. The zero-order chi connectivity index (χ0) is 24.4. The van der Waals surface area contributed by atoms with Crippen LogP contribution in [0.5, 0.6) is 0 Å². The van der Waals surface area contributed by atoms with Gasteiger partial charge in [0, 0.05) is 22.8 Å². The van der Waals surface area contributed by atoms with Gasteiger partial charge in [-0.05, 0) is 55.8 Å². The molecule has 180 valence electrons. The molecule has 2 aromatic carbocycles. The van der Waals surface area contributed by atoms with Crippen LogP contribution in [0.25, 0.3) is 10.8 Å². The molecule has 0 aliphatic carbocycles. The molecule has 0 radical (unpaired) electrons. The highest BCUT2D eigenvalue weighted by molar-refractivity contribution is 6.32. The number of rotatable bonds is 7. The highest BCUT2D eigenvalue weighted by Gasteiger charge is 2.23. The van der Waals surface area contributed by atoms with Crippen molar-refractivity contribution in [3.05, 3.63) is 64.9 Å². The van der Waals surface area contributed by atoms with Crippen molar-refractivity contribution in [1.82, 2.24) is 25.1 Å². The van der Waals surface area contributed by atoms with Gasteiger partial charge >= 0.3 is 0 Å². The number of nitrogens with two attached hydrogens (primary N) is 1. The van der Waals surface area contributed by atoms with E-state index >= 15 is 0 Å². The molecule has 35 heavy (non-hydrogen) atoms. The molecule has 1 saturated heterocycles. The highest BCUT2D eigenvalue weighted by atomic mass is 35.5. The van der Waals surface area contributed by atoms with Crippen molar-refractivity contribution < 1.29 is 4.79 Å². The summed E-state index contributed by atoms with van der Waals surface area (Å²) < 4.78 is 0. The number of carbonyl (C=O) groups excluding carboxylic acids is 1. The molecule has 9 nitrogen and oxygen atoms in total. The summed E-state index contributed by atoms with van der Waals surface area (Å²) >= 11 is 6.31. The van der Waals surface area contributed by atoms with Crippen molar-refractivity contribution in [1.29, 1.82) is 0 Å². The molecule has 0 atom stereocenters. The number of anilines is 4. The average molecular weight is 491 g/mol. The van der Waals surface area contributed by atoms with Crippen LogP contribution in [0, 0.1) is 6.92 Å². The van der Waals surface area contributed by atoms with Crippen LogP contribution in [0.15, 0.2) is 48.7 Å². The molecule has 10 heteroatoms. The Kier molecular flexibility index (Phi) is 6.52. The Morgan fingerprint density at radius 3 is 2.66 bits per heavy atom. The Bertz CT molecular complexity index is 1360. The van der Waals surface area contributed by atoms with Gasteiger partial charge in [0.25, 0.3) is 0 Å². The summed E-state index contributed by atoms with van der Waals surface area (Å²) in [5.41, 5.74) is 8.53. The van der Waals surface area contributed by atoms with E-state index in [4.69, 9.17) is 17.3 Å². The Morgan fingerprint density at radius 1 is 1.17 bits per heavy atom. The van der Waals surface area contributed by atoms with Crippen LogP contribution >= 0.6 is 11.6 Å². The number of benzene rings is 2. The van der Waals surface area contributed by atoms with Gasteiger partial charge in [-0.3, -0.25) is 14.8 Å². The SMILES string of the molecule is Cc1cc(Nc2nc(Nc3ccc(C4CCN(CC(N)=O)CC4)c4ccccc34)ncc2Cl)n[nH]1. The highest BCUT2D eigenvalue weighted by Crippen LogP contribution is 2.37. The fraction of sp³-hybridized carbons (Fsp3) is 0.280. The molecular weight excluding hydrogens is 464 g/mol. The largest absolute Gasteiger partial charge is 0.369 e. The van der Waals surface area contributed by atoms with E-state index in [1.54, 1.807) is 6.20 Å². The second-order valence-corrected chi connectivity index (χ2v) is 9.25. The molecule has 5 N–H and O–H groups in total. The van der Waals surface area contributed by atoms with Crippen molar-refractivity contribution in [2.45, 2.75) is 25.7 Å². The monoisotopic (exact) mass is 490 g/mol. The third-order valence-electron chi connectivity index (χ3n) is 6.31. The lowest BCUT2D eigenvalue weighted by molar-refractivity contribution is -0.119. The van der Waals surface area contributed by atoms with E-state index in [1.807, 2.05) is 19.1 Å². The lowest BCUT2D eigenvalue weighted by atomic mass is 9.86. The molecule has 3 heterocycles. The van der Waals surface area contributed by atoms with E-state index < -0.39 is 0 Å². The van der Waals surface area contributed by atoms with Crippen LogP contribution in [-0.4, -0.2) is 50.6 Å². The summed E-state index contributed by atoms with van der Waals surface area (Å²) in [4.78, 5) is 22.3. The van der Waals surface area contributed by atoms with Gasteiger partial charge in [-0.2, -0.15) is 10.1 Å². The quantitative estimate of drug-likeness (QED) is 0.301. The third-order valence-corrected chi connectivity index (χ3v) is 6.58. The van der Waals surface area contributed by atoms with Crippen molar-refractivity contribution in [3.8, 4) is 0 Å². The summed E-state index contributed by atoms with van der Waals surface area (Å²) in [5, 5.41) is 16.2. The number of hydrogen-bond acceptors (Lipinski definition) is 7. The van der Waals surface area contributed by atoms with E-state index in [2.05, 4.69) is 66.0 Å². The number of carbonyl (C=O) groups is 1. The Hall–Kier alpha value is -3.69. The summed E-state index contributed by atoms with van der Waals surface area (Å²) in [7, 11) is 0. The standard InChI is InChI=1S/C25H27ClN8O/c1-15-12-23(33-32-15)30-24-20(26)13-28-25(31-24)29-21-7-6-17(18-4-2-3-5-19(18)21)16-8-10-34(11-9-16)14-22(27)35/h2-7,12-13,16H,8-11,14H2,1H3,(H2,27,35)(H3,28,29,30,31,32,33). The van der Waals surface area contributed by atoms with E-state index in [0.717, 1.165) is 42.7 Å². The van der Waals surface area contributed by atoms with Gasteiger partial charge in [-0.25, -0.2) is 4.98 Å². The van der Waals surface area contributed by atoms with Gasteiger partial charge < -0.3 is 16.4 Å². The first-order chi connectivity index (χ1) is 17.0. The smallest absolute Gasteiger partial charge is 0.231 e. The number of amides is 1. The number of aryl methyl sites for hydroxylation is 1. The number of likely N-dealkylation sites (tertiary alicyclic amines) is 1. The first kappa shape index (κ1) is 23.1. The Morgan fingerprint density at radius 2 is 1.94 bits per heavy atom. The topological polar surface area (TPSA) is 125 Å². The maximum atomic E-state index is 11.3. The molecule has 2 aromatic heterocycles. The second kappa shape index (κ2) is 9.89. The summed E-state index contributed by atoms with van der Waals surface area (Å²) in [6.07, 6.45) is 3.55. The van der Waals surface area contributed by atoms with E-state index in [1.165, 1.54) is 10.9 Å². The number of aromatic amines is 1. The minimum Gasteiger partial charge on any atom is -0.369 e. The van der Waals surface area contributed by atoms with E-state index in [0.29, 0.717) is 35.1 Å². The summed E-state index contributed by atoms with van der Waals surface area (Å²) in [5.74, 6) is 1.69. The zero-order valence-corrected chi connectivity index (χ0v) is 20.1. The maximum absolute atomic E-state index is 11.3. The van der Waals surface area contributed by atoms with Gasteiger partial charge in [0.1, 0.15) is 5.02 Å². The predicted octanol–water partition coefficient (Wildman–Crippen LogP) is 4.47. The van der Waals surface area contributed by atoms with Gasteiger partial charge in [0.05, 0.1) is 12.7 Å². The molecule has 0 bridgehead atoms. The fourth-order valence-corrected chi connectivity index (χ4v) is 4.79. The molecule has 4 aromatic rings. The fourth-order valence-electron chi connectivity index (χ4n) is 4.65. The maximum Gasteiger partial charge on any atom is 0.231 e. The summed E-state index contributed by atoms with van der Waals surface area (Å²) in [6.45, 7) is 3.98. The normalized spacial score (nSPS) is 14.8. The van der Waals surface area contributed by atoms with Crippen molar-refractivity contribution >= 4 is 51.6 Å². The number of H-pyrrole nitrogens is 1. The number of nitrogens with one attached hydrogen (secondary N) is 3. The predicted molar refractivity (Wildman–Crippen MR) is 138 cm³/mol.